The molecule has 2 heterocycles. The maximum Gasteiger partial charge on any atom is 0.295 e. The minimum atomic E-state index is -0.878. The summed E-state index contributed by atoms with van der Waals surface area (Å²) in [6.07, 6.45) is 3.27. The van der Waals surface area contributed by atoms with Crippen molar-refractivity contribution in [2.24, 2.45) is 0 Å². The maximum atomic E-state index is 13.2. The van der Waals surface area contributed by atoms with Crippen molar-refractivity contribution in [2.45, 2.75) is 19.5 Å². The number of amides is 1. The number of carbonyl (C=O) groups excluding carboxylic acids is 2. The minimum absolute atomic E-state index is 0.000651. The van der Waals surface area contributed by atoms with Gasteiger partial charge in [-0.3, -0.25) is 14.6 Å². The lowest BCUT2D eigenvalue weighted by molar-refractivity contribution is -0.140. The Balaban J connectivity index is 1.93. The SMILES string of the molecule is COc1ccc(OC)c([C@@H]2/C(=C(\O)c3ccc(C)cc3)C(=O)C(=O)N2Cc2cccnc2)c1. The first-order valence-corrected chi connectivity index (χ1v) is 10.4. The molecule has 1 fully saturated rings. The van der Waals surface area contributed by atoms with Crippen LogP contribution in [0, 0.1) is 6.92 Å². The molecule has 0 radical (unpaired) electrons. The number of aromatic nitrogens is 1. The lowest BCUT2D eigenvalue weighted by atomic mass is 9.94. The van der Waals surface area contributed by atoms with Crippen LogP contribution in [0.5, 0.6) is 11.5 Å². The molecule has 1 N–H and O–H groups in total. The first-order valence-electron chi connectivity index (χ1n) is 10.4. The topological polar surface area (TPSA) is 89.0 Å². The Morgan fingerprint density at radius 2 is 1.82 bits per heavy atom. The molecule has 3 aromatic rings. The molecule has 1 aliphatic heterocycles. The second-order valence-corrected chi connectivity index (χ2v) is 7.76. The molecule has 33 heavy (non-hydrogen) atoms. The monoisotopic (exact) mass is 444 g/mol. The van der Waals surface area contributed by atoms with E-state index >= 15 is 0 Å². The van der Waals surface area contributed by atoms with Crippen molar-refractivity contribution in [3.8, 4) is 11.5 Å². The van der Waals surface area contributed by atoms with Gasteiger partial charge in [-0.2, -0.15) is 0 Å². The number of aryl methyl sites for hydroxylation is 1. The number of hydrogen-bond donors (Lipinski definition) is 1. The van der Waals surface area contributed by atoms with Crippen molar-refractivity contribution < 1.29 is 24.2 Å². The van der Waals surface area contributed by atoms with Crippen LogP contribution in [-0.4, -0.2) is 40.9 Å². The summed E-state index contributed by atoms with van der Waals surface area (Å²) < 4.78 is 10.9. The van der Waals surface area contributed by atoms with E-state index in [1.54, 1.807) is 48.8 Å². The van der Waals surface area contributed by atoms with Gasteiger partial charge in [0.25, 0.3) is 11.7 Å². The highest BCUT2D eigenvalue weighted by molar-refractivity contribution is 6.46. The van der Waals surface area contributed by atoms with Crippen LogP contribution in [0.3, 0.4) is 0 Å². The Labute approximate surface area is 191 Å². The van der Waals surface area contributed by atoms with Gasteiger partial charge < -0.3 is 19.5 Å². The predicted molar refractivity (Wildman–Crippen MR) is 123 cm³/mol. The van der Waals surface area contributed by atoms with E-state index in [0.717, 1.165) is 11.1 Å². The third-order valence-corrected chi connectivity index (χ3v) is 5.67. The summed E-state index contributed by atoms with van der Waals surface area (Å²) in [4.78, 5) is 32.0. The zero-order valence-corrected chi connectivity index (χ0v) is 18.6. The van der Waals surface area contributed by atoms with Crippen LogP contribution in [-0.2, 0) is 16.1 Å². The molecule has 0 spiro atoms. The number of ketones is 1. The van der Waals surface area contributed by atoms with Gasteiger partial charge in [-0.05, 0) is 36.8 Å². The van der Waals surface area contributed by atoms with Crippen molar-refractivity contribution in [3.05, 3.63) is 94.8 Å². The summed E-state index contributed by atoms with van der Waals surface area (Å²) >= 11 is 0. The Bertz CT molecular complexity index is 1220. The van der Waals surface area contributed by atoms with E-state index in [0.29, 0.717) is 22.6 Å². The normalized spacial score (nSPS) is 17.3. The van der Waals surface area contributed by atoms with Crippen LogP contribution >= 0.6 is 0 Å². The van der Waals surface area contributed by atoms with Crippen LogP contribution in [0.15, 0.2) is 72.6 Å². The van der Waals surface area contributed by atoms with Crippen molar-refractivity contribution in [3.63, 3.8) is 0 Å². The highest BCUT2D eigenvalue weighted by Crippen LogP contribution is 2.44. The number of benzene rings is 2. The van der Waals surface area contributed by atoms with E-state index in [1.165, 1.54) is 19.1 Å². The lowest BCUT2D eigenvalue weighted by Gasteiger charge is -2.27. The van der Waals surface area contributed by atoms with E-state index in [1.807, 2.05) is 25.1 Å². The van der Waals surface area contributed by atoms with Gasteiger partial charge in [0, 0.05) is 30.1 Å². The summed E-state index contributed by atoms with van der Waals surface area (Å²) in [7, 11) is 3.04. The van der Waals surface area contributed by atoms with Crippen molar-refractivity contribution in [1.29, 1.82) is 0 Å². The van der Waals surface area contributed by atoms with Crippen LogP contribution in [0.4, 0.5) is 0 Å². The number of likely N-dealkylation sites (tertiary alicyclic amines) is 1. The first kappa shape index (κ1) is 22.1. The van der Waals surface area contributed by atoms with Gasteiger partial charge in [0.05, 0.1) is 25.8 Å². The summed E-state index contributed by atoms with van der Waals surface area (Å²) in [5.41, 5.74) is 2.75. The molecule has 1 amide bonds. The molecule has 7 nitrogen and oxygen atoms in total. The molecule has 7 heteroatoms. The molecule has 0 saturated carbocycles. The van der Waals surface area contributed by atoms with Crippen LogP contribution in [0.25, 0.3) is 5.76 Å². The second kappa shape index (κ2) is 9.16. The number of rotatable bonds is 6. The average Bonchev–Trinajstić information content (AvgIpc) is 3.09. The van der Waals surface area contributed by atoms with Gasteiger partial charge in [0.2, 0.25) is 0 Å². The molecule has 2 aromatic carbocycles. The molecule has 168 valence electrons. The van der Waals surface area contributed by atoms with Crippen LogP contribution < -0.4 is 9.47 Å². The van der Waals surface area contributed by atoms with Crippen molar-refractivity contribution in [2.75, 3.05) is 14.2 Å². The maximum absolute atomic E-state index is 13.2. The molecular weight excluding hydrogens is 420 g/mol. The standard InChI is InChI=1S/C26H24N2O5/c1-16-6-8-18(9-7-16)24(29)22-23(20-13-19(32-2)10-11-21(20)33-3)28(26(31)25(22)30)15-17-5-4-12-27-14-17/h4-14,23,29H,15H2,1-3H3/b24-22+/t23-/m1/s1. The molecule has 1 atom stereocenters. The fourth-order valence-electron chi connectivity index (χ4n) is 3.97. The fraction of sp³-hybridized carbons (Fsp3) is 0.192. The molecule has 1 saturated heterocycles. The van der Waals surface area contributed by atoms with E-state index in [2.05, 4.69) is 4.98 Å². The Hall–Kier alpha value is -4.13. The number of aliphatic hydroxyl groups is 1. The van der Waals surface area contributed by atoms with Crippen molar-refractivity contribution in [1.82, 2.24) is 9.88 Å². The van der Waals surface area contributed by atoms with E-state index in [4.69, 9.17) is 9.47 Å². The molecular formula is C26H24N2O5. The number of nitrogens with zero attached hydrogens (tertiary/aromatic N) is 2. The Morgan fingerprint density at radius 3 is 2.45 bits per heavy atom. The highest BCUT2D eigenvalue weighted by atomic mass is 16.5. The summed E-state index contributed by atoms with van der Waals surface area (Å²) in [6.45, 7) is 2.06. The summed E-state index contributed by atoms with van der Waals surface area (Å²) in [5.74, 6) is -0.701. The number of carbonyl (C=O) groups is 2. The molecule has 4 rings (SSSR count). The first-order chi connectivity index (χ1) is 15.9. The van der Waals surface area contributed by atoms with Gasteiger partial charge in [-0.15, -0.1) is 0 Å². The van der Waals surface area contributed by atoms with E-state index < -0.39 is 17.7 Å². The largest absolute Gasteiger partial charge is 0.507 e. The fourth-order valence-corrected chi connectivity index (χ4v) is 3.97. The quantitative estimate of drug-likeness (QED) is 0.351. The lowest BCUT2D eigenvalue weighted by Crippen LogP contribution is -2.29. The molecule has 0 unspecified atom stereocenters. The average molecular weight is 444 g/mol. The van der Waals surface area contributed by atoms with Gasteiger partial charge in [-0.1, -0.05) is 35.9 Å². The Kier molecular flexibility index (Phi) is 6.13. The molecule has 1 aromatic heterocycles. The zero-order chi connectivity index (χ0) is 23.5. The number of pyridine rings is 1. The highest BCUT2D eigenvalue weighted by Gasteiger charge is 2.47. The van der Waals surface area contributed by atoms with Crippen molar-refractivity contribution >= 4 is 17.4 Å². The second-order valence-electron chi connectivity index (χ2n) is 7.76. The van der Waals surface area contributed by atoms with Gasteiger partial charge in [0.1, 0.15) is 17.3 Å². The summed E-state index contributed by atoms with van der Waals surface area (Å²) in [6, 6.07) is 15.0. The van der Waals surface area contributed by atoms with Gasteiger partial charge >= 0.3 is 0 Å². The van der Waals surface area contributed by atoms with E-state index in [-0.39, 0.29) is 17.9 Å². The van der Waals surface area contributed by atoms with Crippen LogP contribution in [0.2, 0.25) is 0 Å². The third-order valence-electron chi connectivity index (χ3n) is 5.67. The van der Waals surface area contributed by atoms with Gasteiger partial charge in [-0.25, -0.2) is 0 Å². The van der Waals surface area contributed by atoms with Crippen LogP contribution in [0.1, 0.15) is 28.3 Å². The smallest absolute Gasteiger partial charge is 0.295 e. The van der Waals surface area contributed by atoms with E-state index in [9.17, 15) is 14.7 Å². The number of methoxy groups -OCH3 is 2. The zero-order valence-electron chi connectivity index (χ0n) is 18.6. The summed E-state index contributed by atoms with van der Waals surface area (Å²) in [5, 5.41) is 11.2. The number of hydrogen-bond acceptors (Lipinski definition) is 6. The minimum Gasteiger partial charge on any atom is -0.507 e. The Morgan fingerprint density at radius 1 is 1.06 bits per heavy atom. The van der Waals surface area contributed by atoms with Gasteiger partial charge in [0.15, 0.2) is 0 Å². The third kappa shape index (κ3) is 4.17. The number of ether oxygens (including phenoxy) is 2. The molecule has 0 aliphatic carbocycles. The number of aliphatic hydroxyl groups excluding tert-OH is 1. The molecule has 1 aliphatic rings. The molecule has 0 bridgehead atoms. The predicted octanol–water partition coefficient (Wildman–Crippen LogP) is 4.03. The number of Topliss-reactive ketones (excluding diaryl/α,β-unsaturated/α-hetero) is 1.